The first kappa shape index (κ1) is 23.2. The summed E-state index contributed by atoms with van der Waals surface area (Å²) in [7, 11) is -3.96. The van der Waals surface area contributed by atoms with Gasteiger partial charge >= 0.3 is 5.97 Å². The summed E-state index contributed by atoms with van der Waals surface area (Å²) in [5, 5.41) is -0.168. The average molecular weight is 498 g/mol. The maximum absolute atomic E-state index is 13.0. The Kier molecular flexibility index (Phi) is 6.88. The molecule has 32 heavy (non-hydrogen) atoms. The van der Waals surface area contributed by atoms with Gasteiger partial charge in [-0.05, 0) is 48.6 Å². The summed E-state index contributed by atoms with van der Waals surface area (Å²) >= 11 is 12.3. The molecule has 1 heterocycles. The number of rotatable bonds is 6. The molecule has 1 aliphatic carbocycles. The number of sulfonamides is 1. The standard InChI is InChI=1S/C22H21Cl2NO6S/c23-18-12-19(24)21(32(28,29)25-6-8-30-9-7-25)11-17(18)22(27)31-13-20(26)16-5-4-14-2-1-3-15(14)10-16/h4-5,10-12H,1-3,6-9,13H2. The number of hydrogen-bond donors (Lipinski definition) is 0. The molecule has 0 saturated carbocycles. The maximum Gasteiger partial charge on any atom is 0.340 e. The predicted octanol–water partition coefficient (Wildman–Crippen LogP) is 3.54. The SMILES string of the molecule is O=C(COC(=O)c1cc(S(=O)(=O)N2CCOCC2)c(Cl)cc1Cl)c1ccc2c(c1)CCC2. The van der Waals surface area contributed by atoms with Crippen molar-refractivity contribution < 1.29 is 27.5 Å². The predicted molar refractivity (Wildman–Crippen MR) is 119 cm³/mol. The van der Waals surface area contributed by atoms with Gasteiger partial charge in [0.1, 0.15) is 4.90 Å². The van der Waals surface area contributed by atoms with Crippen molar-refractivity contribution >= 4 is 45.0 Å². The van der Waals surface area contributed by atoms with Crippen LogP contribution in [0.1, 0.15) is 38.3 Å². The van der Waals surface area contributed by atoms with E-state index in [1.165, 1.54) is 15.9 Å². The van der Waals surface area contributed by atoms with E-state index in [4.69, 9.17) is 32.7 Å². The van der Waals surface area contributed by atoms with Crippen LogP contribution in [0.3, 0.4) is 0 Å². The minimum Gasteiger partial charge on any atom is -0.454 e. The van der Waals surface area contributed by atoms with Crippen molar-refractivity contribution in [2.75, 3.05) is 32.9 Å². The molecular formula is C22H21Cl2NO6S. The molecule has 1 saturated heterocycles. The van der Waals surface area contributed by atoms with Gasteiger partial charge in [0.2, 0.25) is 10.0 Å². The lowest BCUT2D eigenvalue weighted by Gasteiger charge is -2.26. The highest BCUT2D eigenvalue weighted by atomic mass is 35.5. The van der Waals surface area contributed by atoms with Gasteiger partial charge in [-0.25, -0.2) is 13.2 Å². The zero-order valence-corrected chi connectivity index (χ0v) is 19.4. The van der Waals surface area contributed by atoms with E-state index >= 15 is 0 Å². The van der Waals surface area contributed by atoms with Crippen LogP contribution in [0.15, 0.2) is 35.2 Å². The lowest BCUT2D eigenvalue weighted by atomic mass is 10.0. The van der Waals surface area contributed by atoms with Crippen LogP contribution in [-0.4, -0.2) is 57.4 Å². The van der Waals surface area contributed by atoms with Crippen LogP contribution < -0.4 is 0 Å². The monoisotopic (exact) mass is 497 g/mol. The number of carbonyl (C=O) groups excluding carboxylic acids is 2. The molecule has 1 fully saturated rings. The molecule has 10 heteroatoms. The average Bonchev–Trinajstić information content (AvgIpc) is 3.25. The number of Topliss-reactive ketones (excluding diaryl/α,β-unsaturated/α-hetero) is 1. The molecule has 2 aromatic rings. The topological polar surface area (TPSA) is 90.0 Å². The highest BCUT2D eigenvalue weighted by molar-refractivity contribution is 7.89. The Bertz CT molecular complexity index is 1180. The van der Waals surface area contributed by atoms with Crippen molar-refractivity contribution in [3.63, 3.8) is 0 Å². The van der Waals surface area contributed by atoms with Crippen LogP contribution in [0.4, 0.5) is 0 Å². The second kappa shape index (κ2) is 9.49. The number of halogens is 2. The van der Waals surface area contributed by atoms with Crippen molar-refractivity contribution in [1.29, 1.82) is 0 Å². The summed E-state index contributed by atoms with van der Waals surface area (Å²) < 4.78 is 37.5. The molecule has 0 aromatic heterocycles. The molecule has 0 unspecified atom stereocenters. The molecule has 7 nitrogen and oxygen atoms in total. The summed E-state index contributed by atoms with van der Waals surface area (Å²) in [6.45, 7) is 0.406. The van der Waals surface area contributed by atoms with Gasteiger partial charge in [-0.15, -0.1) is 0 Å². The summed E-state index contributed by atoms with van der Waals surface area (Å²) in [4.78, 5) is 24.9. The molecule has 0 N–H and O–H groups in total. The van der Waals surface area contributed by atoms with Crippen molar-refractivity contribution in [3.8, 4) is 0 Å². The largest absolute Gasteiger partial charge is 0.454 e. The number of aryl methyl sites for hydroxylation is 2. The Hall–Kier alpha value is -1.97. The van der Waals surface area contributed by atoms with Crippen molar-refractivity contribution in [2.24, 2.45) is 0 Å². The number of morpholine rings is 1. The van der Waals surface area contributed by atoms with Crippen LogP contribution in [0, 0.1) is 0 Å². The fourth-order valence-corrected chi connectivity index (χ4v) is 6.08. The van der Waals surface area contributed by atoms with Crippen molar-refractivity contribution in [1.82, 2.24) is 4.31 Å². The normalized spacial score (nSPS) is 16.6. The maximum atomic E-state index is 13.0. The van der Waals surface area contributed by atoms with E-state index in [-0.39, 0.29) is 52.6 Å². The fourth-order valence-electron chi connectivity index (χ4n) is 3.85. The highest BCUT2D eigenvalue weighted by Crippen LogP contribution is 2.31. The molecule has 1 aliphatic heterocycles. The zero-order valence-electron chi connectivity index (χ0n) is 17.1. The summed E-state index contributed by atoms with van der Waals surface area (Å²) in [6, 6.07) is 7.77. The minimum absolute atomic E-state index is 0.0640. The molecule has 4 rings (SSSR count). The van der Waals surface area contributed by atoms with Gasteiger partial charge in [0, 0.05) is 18.7 Å². The fraction of sp³-hybridized carbons (Fsp3) is 0.364. The molecule has 170 valence electrons. The molecule has 0 radical (unpaired) electrons. The van der Waals surface area contributed by atoms with Gasteiger partial charge < -0.3 is 9.47 Å². The van der Waals surface area contributed by atoms with Gasteiger partial charge in [0.15, 0.2) is 12.4 Å². The summed E-state index contributed by atoms with van der Waals surface area (Å²) in [6.07, 6.45) is 2.99. The zero-order chi connectivity index (χ0) is 22.9. The number of carbonyl (C=O) groups is 2. The summed E-state index contributed by atoms with van der Waals surface area (Å²) in [5.74, 6) is -1.25. The van der Waals surface area contributed by atoms with Crippen LogP contribution >= 0.6 is 23.2 Å². The molecule has 0 atom stereocenters. The Labute approximate surface area is 196 Å². The van der Waals surface area contributed by atoms with Crippen molar-refractivity contribution in [2.45, 2.75) is 24.2 Å². The van der Waals surface area contributed by atoms with Gasteiger partial charge in [-0.3, -0.25) is 4.79 Å². The molecule has 0 spiro atoms. The van der Waals surface area contributed by atoms with Gasteiger partial charge in [0.25, 0.3) is 0 Å². The van der Waals surface area contributed by atoms with Crippen LogP contribution in [0.2, 0.25) is 10.0 Å². The second-order valence-electron chi connectivity index (χ2n) is 7.62. The molecular weight excluding hydrogens is 477 g/mol. The molecule has 0 amide bonds. The number of nitrogens with zero attached hydrogens (tertiary/aromatic N) is 1. The number of fused-ring (bicyclic) bond motifs is 1. The quantitative estimate of drug-likeness (QED) is 0.447. The van der Waals surface area contributed by atoms with E-state index in [9.17, 15) is 18.0 Å². The first-order valence-corrected chi connectivity index (χ1v) is 12.4. The third kappa shape index (κ3) is 4.70. The minimum atomic E-state index is -3.96. The smallest absolute Gasteiger partial charge is 0.340 e. The van der Waals surface area contributed by atoms with Gasteiger partial charge in [-0.2, -0.15) is 4.31 Å². The van der Waals surface area contributed by atoms with Crippen molar-refractivity contribution in [3.05, 3.63) is 62.6 Å². The van der Waals surface area contributed by atoms with E-state index in [0.29, 0.717) is 5.56 Å². The highest BCUT2D eigenvalue weighted by Gasteiger charge is 2.30. The first-order chi connectivity index (χ1) is 15.3. The van der Waals surface area contributed by atoms with Gasteiger partial charge in [0.05, 0.1) is 28.8 Å². The first-order valence-electron chi connectivity index (χ1n) is 10.2. The van der Waals surface area contributed by atoms with E-state index in [1.54, 1.807) is 6.07 Å². The van der Waals surface area contributed by atoms with E-state index in [0.717, 1.165) is 30.9 Å². The number of ketones is 1. The second-order valence-corrected chi connectivity index (χ2v) is 10.3. The van der Waals surface area contributed by atoms with E-state index in [2.05, 4.69) is 0 Å². The number of ether oxygens (including phenoxy) is 2. The summed E-state index contributed by atoms with van der Waals surface area (Å²) in [5.41, 5.74) is 2.67. The number of esters is 1. The van der Waals surface area contributed by atoms with Crippen LogP contribution in [0.25, 0.3) is 0 Å². The van der Waals surface area contributed by atoms with Crippen LogP contribution in [-0.2, 0) is 32.3 Å². The van der Waals surface area contributed by atoms with E-state index < -0.39 is 22.6 Å². The number of benzene rings is 2. The van der Waals surface area contributed by atoms with Gasteiger partial charge in [-0.1, -0.05) is 35.3 Å². The van der Waals surface area contributed by atoms with E-state index in [1.807, 2.05) is 12.1 Å². The lowest BCUT2D eigenvalue weighted by molar-refractivity contribution is 0.0474. The Morgan fingerprint density at radius 2 is 1.72 bits per heavy atom. The Morgan fingerprint density at radius 3 is 2.47 bits per heavy atom. The third-order valence-corrected chi connectivity index (χ3v) is 8.26. The Morgan fingerprint density at radius 1 is 1.00 bits per heavy atom. The Balaban J connectivity index is 1.51. The van der Waals surface area contributed by atoms with Crippen LogP contribution in [0.5, 0.6) is 0 Å². The number of hydrogen-bond acceptors (Lipinski definition) is 6. The molecule has 2 aliphatic rings. The lowest BCUT2D eigenvalue weighted by Crippen LogP contribution is -2.40. The molecule has 0 bridgehead atoms. The molecule has 2 aromatic carbocycles. The third-order valence-electron chi connectivity index (χ3n) is 5.58.